The Balaban J connectivity index is -0.000000166. The van der Waals surface area contributed by atoms with Crippen molar-refractivity contribution < 1.29 is 5.11 Å². The zero-order valence-corrected chi connectivity index (χ0v) is 11.8. The summed E-state index contributed by atoms with van der Waals surface area (Å²) in [5.41, 5.74) is 0. The van der Waals surface area contributed by atoms with Crippen molar-refractivity contribution in [1.82, 2.24) is 0 Å². The molecule has 0 heterocycles. The maximum Gasteiger partial charge on any atom is 0.0319 e. The molecule has 0 spiro atoms. The summed E-state index contributed by atoms with van der Waals surface area (Å²) in [4.78, 5) is 0. The van der Waals surface area contributed by atoms with Gasteiger partial charge >= 0.3 is 0 Å². The minimum atomic E-state index is 1.00. The van der Waals surface area contributed by atoms with Crippen LogP contribution in [-0.2, 0) is 0 Å². The van der Waals surface area contributed by atoms with Gasteiger partial charge in [0.1, 0.15) is 0 Å². The standard InChI is InChI=1S/C7H16.C6H14.CH4O/c1-3-5-7-6-4-2;1-3-5-6-4-2;1-2/h3-7H2,1-2H3;3-6H2,1-2H3;2H,1H3. The molecule has 0 saturated heterocycles. The van der Waals surface area contributed by atoms with Crippen LogP contribution in [-0.4, -0.2) is 12.2 Å². The average molecular weight is 218 g/mol. The van der Waals surface area contributed by atoms with Crippen LogP contribution >= 0.6 is 0 Å². The third-order valence-electron chi connectivity index (χ3n) is 2.16. The summed E-state index contributed by atoms with van der Waals surface area (Å²) in [6.45, 7) is 8.95. The zero-order chi connectivity index (χ0) is 12.4. The molecule has 0 aliphatic rings. The lowest BCUT2D eigenvalue weighted by molar-refractivity contribution is 0.399. The minimum Gasteiger partial charge on any atom is -0.400 e. The lowest BCUT2D eigenvalue weighted by Gasteiger charge is -1.90. The molecule has 0 aromatic carbocycles. The summed E-state index contributed by atoms with van der Waals surface area (Å²) >= 11 is 0. The molecule has 0 aliphatic carbocycles. The van der Waals surface area contributed by atoms with Crippen molar-refractivity contribution in [2.75, 3.05) is 7.11 Å². The molecule has 0 radical (unpaired) electrons. The van der Waals surface area contributed by atoms with E-state index < -0.39 is 0 Å². The number of hydrogen-bond acceptors (Lipinski definition) is 1. The molecule has 0 bridgehead atoms. The topological polar surface area (TPSA) is 20.2 Å². The summed E-state index contributed by atoms with van der Waals surface area (Å²) in [6, 6.07) is 0. The largest absolute Gasteiger partial charge is 0.400 e. The second kappa shape index (κ2) is 29.2. The molecule has 0 aromatic heterocycles. The summed E-state index contributed by atoms with van der Waals surface area (Å²) < 4.78 is 0. The predicted octanol–water partition coefficient (Wildman–Crippen LogP) is 5.17. The van der Waals surface area contributed by atoms with E-state index in [1.54, 1.807) is 0 Å². The van der Waals surface area contributed by atoms with Crippen molar-refractivity contribution in [3.8, 4) is 0 Å². The SMILES string of the molecule is CCCCCC.CCCCCCC.CO. The van der Waals surface area contributed by atoms with Crippen molar-refractivity contribution >= 4 is 0 Å². The molecule has 0 unspecified atom stereocenters. The van der Waals surface area contributed by atoms with E-state index in [9.17, 15) is 0 Å². The smallest absolute Gasteiger partial charge is 0.0319 e. The Morgan fingerprint density at radius 2 is 0.667 bits per heavy atom. The average Bonchev–Trinajstić information content (AvgIpc) is 2.31. The molecule has 0 fully saturated rings. The van der Waals surface area contributed by atoms with Crippen molar-refractivity contribution in [1.29, 1.82) is 0 Å². The Hall–Kier alpha value is -0.0400. The van der Waals surface area contributed by atoms with Crippen LogP contribution in [0, 0.1) is 0 Å². The summed E-state index contributed by atoms with van der Waals surface area (Å²) in [6.07, 6.45) is 12.5. The van der Waals surface area contributed by atoms with Gasteiger partial charge in [0.05, 0.1) is 0 Å². The Kier molecular flexibility index (Phi) is 39.7. The molecule has 0 atom stereocenters. The molecule has 1 N–H and O–H groups in total. The number of hydrogen-bond donors (Lipinski definition) is 1. The predicted molar refractivity (Wildman–Crippen MR) is 72.4 cm³/mol. The molecule has 0 aromatic rings. The molecule has 15 heavy (non-hydrogen) atoms. The van der Waals surface area contributed by atoms with E-state index in [4.69, 9.17) is 5.11 Å². The van der Waals surface area contributed by atoms with E-state index in [1.807, 2.05) is 0 Å². The first-order chi connectivity index (χ1) is 7.33. The summed E-state index contributed by atoms with van der Waals surface area (Å²) in [5, 5.41) is 7.00. The molecular formula is C14H34O. The maximum absolute atomic E-state index is 7.00. The zero-order valence-electron chi connectivity index (χ0n) is 11.8. The van der Waals surface area contributed by atoms with Gasteiger partial charge in [-0.05, 0) is 0 Å². The molecule has 1 heteroatoms. The van der Waals surface area contributed by atoms with Crippen LogP contribution in [0.4, 0.5) is 0 Å². The molecule has 0 saturated carbocycles. The van der Waals surface area contributed by atoms with Gasteiger partial charge in [-0.25, -0.2) is 0 Å². The highest BCUT2D eigenvalue weighted by atomic mass is 16.2. The Labute approximate surface area is 98.3 Å². The first-order valence-electron chi connectivity index (χ1n) is 6.78. The second-order valence-corrected chi connectivity index (χ2v) is 3.77. The molecule has 0 amide bonds. The molecular weight excluding hydrogens is 184 g/mol. The van der Waals surface area contributed by atoms with Gasteiger partial charge in [-0.2, -0.15) is 0 Å². The fraction of sp³-hybridized carbons (Fsp3) is 1.00. The fourth-order valence-corrected chi connectivity index (χ4v) is 1.18. The fourth-order valence-electron chi connectivity index (χ4n) is 1.18. The van der Waals surface area contributed by atoms with Crippen molar-refractivity contribution in [3.05, 3.63) is 0 Å². The third-order valence-corrected chi connectivity index (χ3v) is 2.16. The molecule has 0 rings (SSSR count). The van der Waals surface area contributed by atoms with Gasteiger partial charge in [0, 0.05) is 7.11 Å². The van der Waals surface area contributed by atoms with E-state index in [0.29, 0.717) is 0 Å². The highest BCUT2D eigenvalue weighted by molar-refractivity contribution is 4.35. The van der Waals surface area contributed by atoms with Crippen LogP contribution in [0.2, 0.25) is 0 Å². The van der Waals surface area contributed by atoms with E-state index in [1.165, 1.54) is 57.8 Å². The lowest BCUT2D eigenvalue weighted by Crippen LogP contribution is -1.70. The normalized spacial score (nSPS) is 8.40. The first-order valence-corrected chi connectivity index (χ1v) is 6.78. The minimum absolute atomic E-state index is 1.00. The Morgan fingerprint density at radius 1 is 0.467 bits per heavy atom. The van der Waals surface area contributed by atoms with Crippen LogP contribution in [0.1, 0.15) is 85.5 Å². The van der Waals surface area contributed by atoms with Crippen molar-refractivity contribution in [2.45, 2.75) is 85.5 Å². The highest BCUT2D eigenvalue weighted by Gasteiger charge is 1.80. The van der Waals surface area contributed by atoms with Gasteiger partial charge in [-0.15, -0.1) is 0 Å². The van der Waals surface area contributed by atoms with Gasteiger partial charge in [0.15, 0.2) is 0 Å². The van der Waals surface area contributed by atoms with Gasteiger partial charge in [0.2, 0.25) is 0 Å². The monoisotopic (exact) mass is 218 g/mol. The van der Waals surface area contributed by atoms with Crippen LogP contribution in [0.15, 0.2) is 0 Å². The van der Waals surface area contributed by atoms with E-state index in [0.717, 1.165) is 7.11 Å². The molecule has 1 nitrogen and oxygen atoms in total. The van der Waals surface area contributed by atoms with E-state index in [2.05, 4.69) is 27.7 Å². The second-order valence-electron chi connectivity index (χ2n) is 3.77. The molecule has 0 aliphatic heterocycles. The number of aliphatic hydroxyl groups excluding tert-OH is 1. The summed E-state index contributed by atoms with van der Waals surface area (Å²) in [5.74, 6) is 0. The Bertz CT molecular complexity index is 54.4. The van der Waals surface area contributed by atoms with E-state index in [-0.39, 0.29) is 0 Å². The van der Waals surface area contributed by atoms with E-state index >= 15 is 0 Å². The van der Waals surface area contributed by atoms with Crippen molar-refractivity contribution in [3.63, 3.8) is 0 Å². The Morgan fingerprint density at radius 3 is 0.867 bits per heavy atom. The first kappa shape index (κ1) is 20.4. The lowest BCUT2D eigenvalue weighted by atomic mass is 10.2. The van der Waals surface area contributed by atoms with Crippen LogP contribution in [0.5, 0.6) is 0 Å². The summed E-state index contributed by atoms with van der Waals surface area (Å²) in [7, 11) is 1.00. The number of unbranched alkanes of at least 4 members (excludes halogenated alkanes) is 7. The van der Waals surface area contributed by atoms with Gasteiger partial charge in [-0.3, -0.25) is 0 Å². The number of aliphatic hydroxyl groups is 1. The number of rotatable bonds is 7. The van der Waals surface area contributed by atoms with Crippen LogP contribution < -0.4 is 0 Å². The quantitative estimate of drug-likeness (QED) is 0.584. The molecule has 96 valence electrons. The maximum atomic E-state index is 7.00. The van der Waals surface area contributed by atoms with Gasteiger partial charge in [0.25, 0.3) is 0 Å². The van der Waals surface area contributed by atoms with Crippen LogP contribution in [0.25, 0.3) is 0 Å². The van der Waals surface area contributed by atoms with Gasteiger partial charge < -0.3 is 5.11 Å². The van der Waals surface area contributed by atoms with Crippen molar-refractivity contribution in [2.24, 2.45) is 0 Å². The van der Waals surface area contributed by atoms with Crippen LogP contribution in [0.3, 0.4) is 0 Å². The highest BCUT2D eigenvalue weighted by Crippen LogP contribution is 2.00. The third kappa shape index (κ3) is 41.2. The van der Waals surface area contributed by atoms with Gasteiger partial charge in [-0.1, -0.05) is 85.5 Å².